The highest BCUT2D eigenvalue weighted by molar-refractivity contribution is 5.84. The van der Waals surface area contributed by atoms with Crippen LogP contribution in [0.25, 0.3) is 0 Å². The molecule has 0 fully saturated rings. The van der Waals surface area contributed by atoms with Crippen LogP contribution in [0.5, 0.6) is 0 Å². The number of amides is 1. The van der Waals surface area contributed by atoms with E-state index in [1.807, 2.05) is 20.8 Å². The van der Waals surface area contributed by atoms with Crippen molar-refractivity contribution in [2.75, 3.05) is 6.54 Å². The van der Waals surface area contributed by atoms with Crippen LogP contribution in [0.3, 0.4) is 0 Å². The number of hydrogen-bond donors (Lipinski definition) is 2. The lowest BCUT2D eigenvalue weighted by Crippen LogP contribution is -2.37. The SMILES string of the molecule is CCCNC(=O)CC(CC)(CC)C(=O)O. The van der Waals surface area contributed by atoms with Crippen LogP contribution < -0.4 is 5.32 Å². The topological polar surface area (TPSA) is 66.4 Å². The van der Waals surface area contributed by atoms with Crippen LogP contribution in [0.4, 0.5) is 0 Å². The molecule has 88 valence electrons. The van der Waals surface area contributed by atoms with Crippen molar-refractivity contribution < 1.29 is 14.7 Å². The van der Waals surface area contributed by atoms with Gasteiger partial charge in [0.25, 0.3) is 0 Å². The summed E-state index contributed by atoms with van der Waals surface area (Å²) < 4.78 is 0. The Bertz CT molecular complexity index is 222. The highest BCUT2D eigenvalue weighted by atomic mass is 16.4. The minimum Gasteiger partial charge on any atom is -0.481 e. The fraction of sp³-hybridized carbons (Fsp3) is 0.818. The molecule has 0 rings (SSSR count). The van der Waals surface area contributed by atoms with Gasteiger partial charge >= 0.3 is 5.97 Å². The third kappa shape index (κ3) is 3.90. The van der Waals surface area contributed by atoms with Crippen molar-refractivity contribution in [3.63, 3.8) is 0 Å². The summed E-state index contributed by atoms with van der Waals surface area (Å²) in [6.45, 7) is 6.20. The average molecular weight is 215 g/mol. The zero-order valence-electron chi connectivity index (χ0n) is 9.80. The van der Waals surface area contributed by atoms with Crippen molar-refractivity contribution in [3.8, 4) is 0 Å². The van der Waals surface area contributed by atoms with Crippen molar-refractivity contribution in [1.82, 2.24) is 5.32 Å². The van der Waals surface area contributed by atoms with Gasteiger partial charge in [0.05, 0.1) is 5.41 Å². The zero-order chi connectivity index (χ0) is 11.9. The lowest BCUT2D eigenvalue weighted by Gasteiger charge is -2.25. The molecule has 0 aromatic heterocycles. The van der Waals surface area contributed by atoms with E-state index in [2.05, 4.69) is 5.32 Å². The Labute approximate surface area is 91.1 Å². The molecular weight excluding hydrogens is 194 g/mol. The van der Waals surface area contributed by atoms with Gasteiger partial charge in [-0.25, -0.2) is 0 Å². The van der Waals surface area contributed by atoms with E-state index in [0.717, 1.165) is 6.42 Å². The summed E-state index contributed by atoms with van der Waals surface area (Å²) in [7, 11) is 0. The number of carbonyl (C=O) groups is 2. The molecule has 0 saturated heterocycles. The second kappa shape index (κ2) is 6.43. The van der Waals surface area contributed by atoms with Gasteiger partial charge in [0.1, 0.15) is 0 Å². The Hall–Kier alpha value is -1.06. The van der Waals surface area contributed by atoms with Crippen LogP contribution in [-0.2, 0) is 9.59 Å². The summed E-state index contributed by atoms with van der Waals surface area (Å²) in [6.07, 6.45) is 1.91. The van der Waals surface area contributed by atoms with E-state index in [1.165, 1.54) is 0 Å². The van der Waals surface area contributed by atoms with E-state index >= 15 is 0 Å². The van der Waals surface area contributed by atoms with E-state index < -0.39 is 11.4 Å². The number of carbonyl (C=O) groups excluding carboxylic acids is 1. The standard InChI is InChI=1S/C11H21NO3/c1-4-7-12-9(13)8-11(5-2,6-3)10(14)15/h4-8H2,1-3H3,(H,12,13)(H,14,15). The first kappa shape index (κ1) is 13.9. The normalized spacial score (nSPS) is 11.1. The molecule has 1 amide bonds. The maximum atomic E-state index is 11.5. The van der Waals surface area contributed by atoms with Crippen molar-refractivity contribution in [2.24, 2.45) is 5.41 Å². The number of hydrogen-bond acceptors (Lipinski definition) is 2. The highest BCUT2D eigenvalue weighted by Gasteiger charge is 2.36. The fourth-order valence-corrected chi connectivity index (χ4v) is 1.51. The molecular formula is C11H21NO3. The summed E-state index contributed by atoms with van der Waals surface area (Å²) in [5, 5.41) is 11.8. The van der Waals surface area contributed by atoms with Gasteiger partial charge in [0.2, 0.25) is 5.91 Å². The lowest BCUT2D eigenvalue weighted by molar-refractivity contribution is -0.152. The Morgan fingerprint density at radius 2 is 1.73 bits per heavy atom. The van der Waals surface area contributed by atoms with Gasteiger partial charge in [-0.05, 0) is 19.3 Å². The summed E-state index contributed by atoms with van der Waals surface area (Å²) in [5.41, 5.74) is -0.891. The summed E-state index contributed by atoms with van der Waals surface area (Å²) >= 11 is 0. The summed E-state index contributed by atoms with van der Waals surface area (Å²) in [6, 6.07) is 0. The molecule has 0 heterocycles. The van der Waals surface area contributed by atoms with Crippen molar-refractivity contribution in [2.45, 2.75) is 46.5 Å². The third-order valence-corrected chi connectivity index (χ3v) is 2.88. The van der Waals surface area contributed by atoms with Gasteiger partial charge in [-0.1, -0.05) is 20.8 Å². The van der Waals surface area contributed by atoms with Gasteiger partial charge in [-0.3, -0.25) is 9.59 Å². The van der Waals surface area contributed by atoms with Crippen LogP contribution in [0.1, 0.15) is 46.5 Å². The minimum atomic E-state index is -0.891. The van der Waals surface area contributed by atoms with Crippen molar-refractivity contribution in [3.05, 3.63) is 0 Å². The first-order valence-electron chi connectivity index (χ1n) is 5.52. The first-order chi connectivity index (χ1) is 7.02. The van der Waals surface area contributed by atoms with Gasteiger partial charge in [0, 0.05) is 13.0 Å². The molecule has 2 N–H and O–H groups in total. The van der Waals surface area contributed by atoms with Crippen molar-refractivity contribution in [1.29, 1.82) is 0 Å². The molecule has 0 aliphatic rings. The Morgan fingerprint density at radius 1 is 1.20 bits per heavy atom. The second-order valence-electron chi connectivity index (χ2n) is 3.82. The molecule has 0 aromatic carbocycles. The van der Waals surface area contributed by atoms with Gasteiger partial charge in [-0.2, -0.15) is 0 Å². The number of rotatable bonds is 7. The van der Waals surface area contributed by atoms with E-state index in [9.17, 15) is 9.59 Å². The number of carboxylic acid groups (broad SMARTS) is 1. The number of aliphatic carboxylic acids is 1. The zero-order valence-corrected chi connectivity index (χ0v) is 9.80. The van der Waals surface area contributed by atoms with E-state index in [1.54, 1.807) is 0 Å². The molecule has 0 aliphatic carbocycles. The predicted octanol–water partition coefficient (Wildman–Crippen LogP) is 1.79. The van der Waals surface area contributed by atoms with E-state index in [4.69, 9.17) is 5.11 Å². The molecule has 4 nitrogen and oxygen atoms in total. The van der Waals surface area contributed by atoms with Gasteiger partial charge in [-0.15, -0.1) is 0 Å². The molecule has 0 unspecified atom stereocenters. The van der Waals surface area contributed by atoms with E-state index in [0.29, 0.717) is 19.4 Å². The van der Waals surface area contributed by atoms with Gasteiger partial charge < -0.3 is 10.4 Å². The second-order valence-corrected chi connectivity index (χ2v) is 3.82. The number of carboxylic acids is 1. The molecule has 0 bridgehead atoms. The Kier molecular flexibility index (Phi) is 5.97. The third-order valence-electron chi connectivity index (χ3n) is 2.88. The van der Waals surface area contributed by atoms with Crippen molar-refractivity contribution >= 4 is 11.9 Å². The maximum absolute atomic E-state index is 11.5. The smallest absolute Gasteiger partial charge is 0.310 e. The quantitative estimate of drug-likeness (QED) is 0.680. The molecule has 4 heteroatoms. The lowest BCUT2D eigenvalue weighted by atomic mass is 9.79. The maximum Gasteiger partial charge on any atom is 0.310 e. The molecule has 0 atom stereocenters. The Balaban J connectivity index is 4.40. The molecule has 0 aliphatic heterocycles. The monoisotopic (exact) mass is 215 g/mol. The predicted molar refractivity (Wildman–Crippen MR) is 58.6 cm³/mol. The summed E-state index contributed by atoms with van der Waals surface area (Å²) in [4.78, 5) is 22.6. The molecule has 0 aromatic rings. The van der Waals surface area contributed by atoms with Crippen LogP contribution >= 0.6 is 0 Å². The summed E-state index contributed by atoms with van der Waals surface area (Å²) in [5.74, 6) is -1.04. The van der Waals surface area contributed by atoms with Crippen LogP contribution in [-0.4, -0.2) is 23.5 Å². The number of nitrogens with one attached hydrogen (secondary N) is 1. The van der Waals surface area contributed by atoms with Gasteiger partial charge in [0.15, 0.2) is 0 Å². The molecule has 0 radical (unpaired) electrons. The molecule has 0 saturated carbocycles. The van der Waals surface area contributed by atoms with Crippen LogP contribution in [0, 0.1) is 5.41 Å². The van der Waals surface area contributed by atoms with Crippen LogP contribution in [0.2, 0.25) is 0 Å². The molecule has 15 heavy (non-hydrogen) atoms. The first-order valence-corrected chi connectivity index (χ1v) is 5.52. The Morgan fingerprint density at radius 3 is 2.07 bits per heavy atom. The molecule has 0 spiro atoms. The van der Waals surface area contributed by atoms with E-state index in [-0.39, 0.29) is 12.3 Å². The minimum absolute atomic E-state index is 0.0787. The highest BCUT2D eigenvalue weighted by Crippen LogP contribution is 2.30. The largest absolute Gasteiger partial charge is 0.481 e. The fourth-order valence-electron chi connectivity index (χ4n) is 1.51. The van der Waals surface area contributed by atoms with Crippen LogP contribution in [0.15, 0.2) is 0 Å². The average Bonchev–Trinajstić information content (AvgIpc) is 2.22.